The minimum absolute atomic E-state index is 0.177. The number of amides is 1. The van der Waals surface area contributed by atoms with Gasteiger partial charge in [0.25, 0.3) is 0 Å². The molecule has 0 radical (unpaired) electrons. The molecule has 2 aromatic carbocycles. The van der Waals surface area contributed by atoms with Gasteiger partial charge in [0.15, 0.2) is 0 Å². The molecule has 0 saturated carbocycles. The first-order chi connectivity index (χ1) is 29.2. The molecule has 12 nitrogen and oxygen atoms in total. The summed E-state index contributed by atoms with van der Waals surface area (Å²) in [6, 6.07) is 23.0. The standard InChI is InChI=1S/C47H60N6O6P2/c1-47(2,3)59-46(54)49-23-9-8-10-39-32-53(34-41-29-38(31-45(51-41)61(7)56)14-12-36-17-21-43(58-5)22-18-36)27-26-52(25-24-48-39)33-40-28-37(30-44(50-40)60(6)55)13-11-35-15-19-42(57-4)20-16-35/h15-22,28-31,39,48,60-61H,8-10,23-27,32-34H2,1-7H3,(H,49,54)/t39-/m0/s1. The number of carbonyl (C=O) groups is 1. The highest BCUT2D eigenvalue weighted by atomic mass is 31.1. The normalized spacial score (nSPS) is 16.0. The minimum atomic E-state index is -2.09. The molecule has 0 aliphatic carbocycles. The van der Waals surface area contributed by atoms with Gasteiger partial charge < -0.3 is 34.0 Å². The van der Waals surface area contributed by atoms with Crippen LogP contribution in [0.25, 0.3) is 0 Å². The van der Waals surface area contributed by atoms with Crippen molar-refractivity contribution >= 4 is 32.6 Å². The number of ether oxygens (including phenoxy) is 3. The summed E-state index contributed by atoms with van der Waals surface area (Å²) in [5.74, 6) is 14.5. The first-order valence-corrected chi connectivity index (χ1v) is 24.6. The van der Waals surface area contributed by atoms with Crippen LogP contribution in [0.5, 0.6) is 11.5 Å². The van der Waals surface area contributed by atoms with Crippen LogP contribution in [-0.2, 0) is 27.0 Å². The summed E-state index contributed by atoms with van der Waals surface area (Å²) < 4.78 is 41.6. The molecule has 14 heteroatoms. The summed E-state index contributed by atoms with van der Waals surface area (Å²) in [6.07, 6.45) is 2.24. The Morgan fingerprint density at radius 2 is 1.23 bits per heavy atom. The molecule has 2 N–H and O–H groups in total. The molecule has 0 spiro atoms. The lowest BCUT2D eigenvalue weighted by atomic mass is 10.1. The molecule has 1 aliphatic heterocycles. The maximum Gasteiger partial charge on any atom is 0.407 e. The number of carbonyl (C=O) groups excluding carboxylic acids is 1. The fraction of sp³-hybridized carbons (Fsp3) is 0.426. The number of nitrogens with one attached hydrogen (secondary N) is 2. The van der Waals surface area contributed by atoms with E-state index in [9.17, 15) is 13.9 Å². The van der Waals surface area contributed by atoms with Gasteiger partial charge in [-0.15, -0.1) is 0 Å². The first-order valence-electron chi connectivity index (χ1n) is 20.8. The molecular formula is C47H60N6O6P2. The van der Waals surface area contributed by atoms with Gasteiger partial charge in [0.2, 0.25) is 0 Å². The Kier molecular flexibility index (Phi) is 18.0. The summed E-state index contributed by atoms with van der Waals surface area (Å²) in [6.45, 7) is 14.4. The molecule has 0 bridgehead atoms. The van der Waals surface area contributed by atoms with E-state index in [1.54, 1.807) is 27.5 Å². The number of methoxy groups -OCH3 is 2. The number of unbranched alkanes of at least 4 members (excludes halogenated alkanes) is 1. The van der Waals surface area contributed by atoms with E-state index in [0.717, 1.165) is 97.1 Å². The predicted octanol–water partition coefficient (Wildman–Crippen LogP) is 5.89. The second kappa shape index (κ2) is 23.3. The Balaban J connectivity index is 1.35. The quantitative estimate of drug-likeness (QED) is 0.0947. The molecule has 61 heavy (non-hydrogen) atoms. The van der Waals surface area contributed by atoms with E-state index < -0.39 is 27.3 Å². The molecule has 1 amide bonds. The van der Waals surface area contributed by atoms with Crippen LogP contribution in [0, 0.1) is 23.7 Å². The largest absolute Gasteiger partial charge is 0.497 e. The maximum atomic E-state index is 12.9. The van der Waals surface area contributed by atoms with Gasteiger partial charge in [0, 0.05) is 80.7 Å². The van der Waals surface area contributed by atoms with Crippen LogP contribution in [0.2, 0.25) is 0 Å². The zero-order valence-corrected chi connectivity index (χ0v) is 38.5. The number of pyridine rings is 2. The van der Waals surface area contributed by atoms with Crippen molar-refractivity contribution in [3.05, 3.63) is 106 Å². The second-order valence-corrected chi connectivity index (χ2v) is 19.4. The van der Waals surface area contributed by atoms with Crippen molar-refractivity contribution in [1.82, 2.24) is 30.4 Å². The van der Waals surface area contributed by atoms with E-state index in [1.165, 1.54) is 0 Å². The van der Waals surface area contributed by atoms with E-state index in [-0.39, 0.29) is 6.04 Å². The number of benzene rings is 2. The third kappa shape index (κ3) is 16.5. The molecule has 2 unspecified atom stereocenters. The molecule has 4 aromatic rings. The molecule has 324 valence electrons. The topological polar surface area (TPSA) is 135 Å². The summed E-state index contributed by atoms with van der Waals surface area (Å²) >= 11 is 0. The van der Waals surface area contributed by atoms with Gasteiger partial charge in [-0.05, 0) is 120 Å². The molecule has 1 aliphatic rings. The van der Waals surface area contributed by atoms with Gasteiger partial charge in [0.1, 0.15) is 32.7 Å². The average Bonchev–Trinajstić information content (AvgIpc) is 3.31. The maximum absolute atomic E-state index is 12.9. The van der Waals surface area contributed by atoms with Crippen LogP contribution < -0.4 is 31.0 Å². The number of rotatable bonds is 13. The third-order valence-corrected chi connectivity index (χ3v) is 11.8. The summed E-state index contributed by atoms with van der Waals surface area (Å²) in [5, 5.41) is 6.69. The molecular weight excluding hydrogens is 807 g/mol. The SMILES string of the molecule is COc1ccc(C#Cc2cc(CN3CCN[C@@H](CCCCNC(=O)OC(C)(C)C)CN(Cc4cc(C#Cc5ccc(OC)cc5)cc([PH](C)=O)n4)CC3)nc([PH](C)=O)c2)cc1. The number of hydrogen-bond acceptors (Lipinski definition) is 11. The van der Waals surface area contributed by atoms with Gasteiger partial charge >= 0.3 is 6.09 Å². The third-order valence-electron chi connectivity index (χ3n) is 9.85. The van der Waals surface area contributed by atoms with Crippen LogP contribution in [0.4, 0.5) is 4.79 Å². The van der Waals surface area contributed by atoms with Crippen LogP contribution in [0.1, 0.15) is 73.7 Å². The Labute approximate surface area is 363 Å². The number of alkyl carbamates (subject to hydrolysis) is 1. The minimum Gasteiger partial charge on any atom is -0.497 e. The van der Waals surface area contributed by atoms with Crippen molar-refractivity contribution < 1.29 is 28.1 Å². The van der Waals surface area contributed by atoms with Gasteiger partial charge in [-0.25, -0.2) is 14.8 Å². The lowest BCUT2D eigenvalue weighted by Crippen LogP contribution is -2.41. The first kappa shape index (κ1) is 47.1. The molecule has 1 fully saturated rings. The van der Waals surface area contributed by atoms with Gasteiger partial charge in [-0.3, -0.25) is 9.80 Å². The number of hydrogen-bond donors (Lipinski definition) is 2. The zero-order chi connectivity index (χ0) is 43.8. The van der Waals surface area contributed by atoms with Gasteiger partial charge in [0.05, 0.1) is 36.5 Å². The van der Waals surface area contributed by atoms with Crippen molar-refractivity contribution in [2.75, 3.05) is 66.8 Å². The van der Waals surface area contributed by atoms with Crippen molar-refractivity contribution in [1.29, 1.82) is 0 Å². The second-order valence-electron chi connectivity index (χ2n) is 16.1. The van der Waals surface area contributed by atoms with E-state index in [2.05, 4.69) is 44.1 Å². The lowest BCUT2D eigenvalue weighted by molar-refractivity contribution is 0.0526. The molecule has 3 atom stereocenters. The molecule has 2 aromatic heterocycles. The summed E-state index contributed by atoms with van der Waals surface area (Å²) in [5.41, 5.74) is 5.46. The van der Waals surface area contributed by atoms with Crippen molar-refractivity contribution in [3.8, 4) is 35.2 Å². The Morgan fingerprint density at radius 3 is 1.72 bits per heavy atom. The number of nitrogens with zero attached hydrogens (tertiary/aromatic N) is 4. The monoisotopic (exact) mass is 866 g/mol. The van der Waals surface area contributed by atoms with Gasteiger partial charge in [-0.2, -0.15) is 0 Å². The smallest absolute Gasteiger partial charge is 0.407 e. The van der Waals surface area contributed by atoms with E-state index in [4.69, 9.17) is 24.2 Å². The summed E-state index contributed by atoms with van der Waals surface area (Å²) in [4.78, 5) is 26.7. The van der Waals surface area contributed by atoms with Crippen LogP contribution in [0.3, 0.4) is 0 Å². The van der Waals surface area contributed by atoms with E-state index in [1.807, 2.05) is 93.6 Å². The van der Waals surface area contributed by atoms with Crippen LogP contribution in [-0.4, -0.2) is 104 Å². The van der Waals surface area contributed by atoms with Gasteiger partial charge in [-0.1, -0.05) is 30.1 Å². The van der Waals surface area contributed by atoms with Crippen molar-refractivity contribution in [2.45, 2.75) is 64.8 Å². The van der Waals surface area contributed by atoms with E-state index in [0.29, 0.717) is 30.5 Å². The Hall–Kier alpha value is -4.93. The highest BCUT2D eigenvalue weighted by Crippen LogP contribution is 2.19. The fourth-order valence-corrected chi connectivity index (χ4v) is 8.06. The molecule has 5 rings (SSSR count). The molecule has 1 saturated heterocycles. The highest BCUT2D eigenvalue weighted by molar-refractivity contribution is 7.52. The summed E-state index contributed by atoms with van der Waals surface area (Å²) in [7, 11) is -0.899. The van der Waals surface area contributed by atoms with E-state index >= 15 is 0 Å². The van der Waals surface area contributed by atoms with Crippen molar-refractivity contribution in [2.24, 2.45) is 0 Å². The average molecular weight is 867 g/mol. The zero-order valence-electron chi connectivity index (χ0n) is 36.5. The lowest BCUT2D eigenvalue weighted by Gasteiger charge is -2.28. The Morgan fingerprint density at radius 1 is 0.738 bits per heavy atom. The number of aromatic nitrogens is 2. The van der Waals surface area contributed by atoms with Crippen LogP contribution >= 0.6 is 15.6 Å². The fourth-order valence-electron chi connectivity index (χ4n) is 6.74. The Bertz CT molecular complexity index is 2260. The van der Waals surface area contributed by atoms with Crippen LogP contribution in [0.15, 0.2) is 72.8 Å². The molecule has 3 heterocycles. The van der Waals surface area contributed by atoms with Crippen molar-refractivity contribution in [3.63, 3.8) is 0 Å². The predicted molar refractivity (Wildman–Crippen MR) is 246 cm³/mol. The highest BCUT2D eigenvalue weighted by Gasteiger charge is 2.21.